The van der Waals surface area contributed by atoms with Crippen molar-refractivity contribution in [2.45, 2.75) is 13.5 Å². The highest BCUT2D eigenvalue weighted by atomic mass is 16.1. The van der Waals surface area contributed by atoms with Gasteiger partial charge < -0.3 is 5.32 Å². The molecular formula is C15H14N4O. The van der Waals surface area contributed by atoms with Crippen molar-refractivity contribution in [2.75, 3.05) is 0 Å². The number of hydrogen-bond acceptors (Lipinski definition) is 3. The van der Waals surface area contributed by atoms with Crippen LogP contribution in [0, 0.1) is 6.92 Å². The van der Waals surface area contributed by atoms with Crippen LogP contribution in [0.3, 0.4) is 0 Å². The largest absolute Gasteiger partial charge is 0.346 e. The minimum Gasteiger partial charge on any atom is -0.346 e. The summed E-state index contributed by atoms with van der Waals surface area (Å²) in [7, 11) is 0. The van der Waals surface area contributed by atoms with Gasteiger partial charge in [-0.1, -0.05) is 24.3 Å². The molecule has 0 unspecified atom stereocenters. The number of aromatic nitrogens is 3. The number of hydrogen-bond donors (Lipinski definition) is 2. The van der Waals surface area contributed by atoms with Crippen molar-refractivity contribution in [3.63, 3.8) is 0 Å². The van der Waals surface area contributed by atoms with Gasteiger partial charge in [-0.25, -0.2) is 0 Å². The molecule has 1 aromatic carbocycles. The molecule has 5 nitrogen and oxygen atoms in total. The van der Waals surface area contributed by atoms with E-state index < -0.39 is 0 Å². The number of aryl methyl sites for hydroxylation is 1. The van der Waals surface area contributed by atoms with Crippen molar-refractivity contribution in [1.29, 1.82) is 0 Å². The number of aromatic amines is 1. The van der Waals surface area contributed by atoms with Crippen molar-refractivity contribution >= 4 is 16.7 Å². The SMILES string of the molecule is Cc1[nH]ncc1CNC(=O)c1nccc2ccccc12. The van der Waals surface area contributed by atoms with E-state index in [1.807, 2.05) is 37.3 Å². The lowest BCUT2D eigenvalue weighted by molar-refractivity contribution is 0.0948. The number of amides is 1. The van der Waals surface area contributed by atoms with E-state index in [4.69, 9.17) is 0 Å². The third kappa shape index (κ3) is 2.25. The van der Waals surface area contributed by atoms with E-state index in [9.17, 15) is 4.79 Å². The number of rotatable bonds is 3. The number of H-pyrrole nitrogens is 1. The maximum Gasteiger partial charge on any atom is 0.270 e. The highest BCUT2D eigenvalue weighted by Crippen LogP contribution is 2.16. The molecule has 0 spiro atoms. The Morgan fingerprint density at radius 2 is 2.15 bits per heavy atom. The molecule has 0 aliphatic carbocycles. The van der Waals surface area contributed by atoms with Gasteiger partial charge in [-0.15, -0.1) is 0 Å². The van der Waals surface area contributed by atoms with Crippen LogP contribution in [-0.4, -0.2) is 21.1 Å². The van der Waals surface area contributed by atoms with E-state index in [0.29, 0.717) is 12.2 Å². The molecule has 0 saturated carbocycles. The van der Waals surface area contributed by atoms with Crippen molar-refractivity contribution < 1.29 is 4.79 Å². The second-order valence-corrected chi connectivity index (χ2v) is 4.58. The first-order valence-electron chi connectivity index (χ1n) is 6.36. The molecule has 0 bridgehead atoms. The summed E-state index contributed by atoms with van der Waals surface area (Å²) in [5.41, 5.74) is 2.37. The monoisotopic (exact) mass is 266 g/mol. The topological polar surface area (TPSA) is 70.7 Å². The lowest BCUT2D eigenvalue weighted by atomic mass is 10.1. The van der Waals surface area contributed by atoms with E-state index in [-0.39, 0.29) is 5.91 Å². The first-order valence-corrected chi connectivity index (χ1v) is 6.36. The van der Waals surface area contributed by atoms with Gasteiger partial charge in [0.1, 0.15) is 5.69 Å². The van der Waals surface area contributed by atoms with Crippen LogP contribution in [0.15, 0.2) is 42.7 Å². The van der Waals surface area contributed by atoms with Gasteiger partial charge in [0.05, 0.1) is 6.20 Å². The predicted octanol–water partition coefficient (Wildman–Crippen LogP) is 2.20. The Morgan fingerprint density at radius 1 is 1.30 bits per heavy atom. The van der Waals surface area contributed by atoms with Crippen LogP contribution >= 0.6 is 0 Å². The summed E-state index contributed by atoms with van der Waals surface area (Å²) in [5.74, 6) is -0.178. The predicted molar refractivity (Wildman–Crippen MR) is 76.2 cm³/mol. The van der Waals surface area contributed by atoms with E-state index in [0.717, 1.165) is 22.0 Å². The van der Waals surface area contributed by atoms with Crippen LogP contribution in [0.4, 0.5) is 0 Å². The Kier molecular flexibility index (Phi) is 3.16. The molecule has 2 heterocycles. The fraction of sp³-hybridized carbons (Fsp3) is 0.133. The summed E-state index contributed by atoms with van der Waals surface area (Å²) in [5, 5.41) is 11.5. The standard InChI is InChI=1S/C15H14N4O/c1-10-12(9-18-19-10)8-17-15(20)14-13-5-3-2-4-11(13)6-7-16-14/h2-7,9H,8H2,1H3,(H,17,20)(H,18,19). The van der Waals surface area contributed by atoms with Gasteiger partial charge in [-0.05, 0) is 18.4 Å². The average Bonchev–Trinajstić information content (AvgIpc) is 2.89. The number of benzene rings is 1. The third-order valence-electron chi connectivity index (χ3n) is 3.26. The van der Waals surface area contributed by atoms with E-state index >= 15 is 0 Å². The maximum absolute atomic E-state index is 12.3. The molecule has 2 N–H and O–H groups in total. The van der Waals surface area contributed by atoms with Gasteiger partial charge in [0, 0.05) is 29.4 Å². The van der Waals surface area contributed by atoms with Crippen molar-refractivity contribution in [1.82, 2.24) is 20.5 Å². The molecule has 0 atom stereocenters. The summed E-state index contributed by atoms with van der Waals surface area (Å²) in [6, 6.07) is 9.61. The molecule has 3 aromatic rings. The number of fused-ring (bicyclic) bond motifs is 1. The lowest BCUT2D eigenvalue weighted by Crippen LogP contribution is -2.24. The molecule has 3 rings (SSSR count). The van der Waals surface area contributed by atoms with Gasteiger partial charge in [0.15, 0.2) is 0 Å². The first kappa shape index (κ1) is 12.3. The summed E-state index contributed by atoms with van der Waals surface area (Å²) < 4.78 is 0. The fourth-order valence-corrected chi connectivity index (χ4v) is 2.11. The second-order valence-electron chi connectivity index (χ2n) is 4.58. The molecule has 2 aromatic heterocycles. The summed E-state index contributed by atoms with van der Waals surface area (Å²) >= 11 is 0. The molecule has 100 valence electrons. The number of nitrogens with one attached hydrogen (secondary N) is 2. The Hall–Kier alpha value is -2.69. The zero-order valence-corrected chi connectivity index (χ0v) is 11.1. The highest BCUT2D eigenvalue weighted by Gasteiger charge is 2.11. The van der Waals surface area contributed by atoms with Crippen LogP contribution in [0.2, 0.25) is 0 Å². The average molecular weight is 266 g/mol. The van der Waals surface area contributed by atoms with Crippen molar-refractivity contribution in [2.24, 2.45) is 0 Å². The summed E-state index contributed by atoms with van der Waals surface area (Å²) in [4.78, 5) is 16.5. The maximum atomic E-state index is 12.3. The number of carbonyl (C=O) groups is 1. The first-order chi connectivity index (χ1) is 9.75. The zero-order valence-electron chi connectivity index (χ0n) is 11.1. The molecular weight excluding hydrogens is 252 g/mol. The molecule has 1 amide bonds. The van der Waals surface area contributed by atoms with Crippen LogP contribution < -0.4 is 5.32 Å². The minimum absolute atomic E-state index is 0.178. The molecule has 0 aliphatic heterocycles. The van der Waals surface area contributed by atoms with Crippen molar-refractivity contribution in [3.05, 3.63) is 59.7 Å². The van der Waals surface area contributed by atoms with Gasteiger partial charge in [-0.2, -0.15) is 5.10 Å². The molecule has 0 aliphatic rings. The van der Waals surface area contributed by atoms with E-state index in [2.05, 4.69) is 20.5 Å². The molecule has 20 heavy (non-hydrogen) atoms. The summed E-state index contributed by atoms with van der Waals surface area (Å²) in [6.07, 6.45) is 3.37. The normalized spacial score (nSPS) is 10.7. The number of carbonyl (C=O) groups excluding carboxylic acids is 1. The van der Waals surface area contributed by atoms with Crippen LogP contribution in [0.5, 0.6) is 0 Å². The third-order valence-corrected chi connectivity index (χ3v) is 3.26. The lowest BCUT2D eigenvalue weighted by Gasteiger charge is -2.06. The van der Waals surface area contributed by atoms with Gasteiger partial charge in [0.2, 0.25) is 0 Å². The Balaban J connectivity index is 1.84. The number of nitrogens with zero attached hydrogens (tertiary/aromatic N) is 2. The Labute approximate surface area is 116 Å². The number of pyridine rings is 1. The van der Waals surface area contributed by atoms with E-state index in [1.165, 1.54) is 0 Å². The van der Waals surface area contributed by atoms with Crippen molar-refractivity contribution in [3.8, 4) is 0 Å². The Morgan fingerprint density at radius 3 is 2.95 bits per heavy atom. The molecule has 0 saturated heterocycles. The Bertz CT molecular complexity index is 758. The van der Waals surface area contributed by atoms with Crippen LogP contribution in [0.1, 0.15) is 21.7 Å². The summed E-state index contributed by atoms with van der Waals surface area (Å²) in [6.45, 7) is 2.36. The minimum atomic E-state index is -0.178. The highest BCUT2D eigenvalue weighted by molar-refractivity contribution is 6.05. The molecule has 0 radical (unpaired) electrons. The van der Waals surface area contributed by atoms with E-state index in [1.54, 1.807) is 12.4 Å². The van der Waals surface area contributed by atoms with Crippen LogP contribution in [-0.2, 0) is 6.54 Å². The van der Waals surface area contributed by atoms with Crippen LogP contribution in [0.25, 0.3) is 10.8 Å². The van der Waals surface area contributed by atoms with Gasteiger partial charge in [0.25, 0.3) is 5.91 Å². The van der Waals surface area contributed by atoms with Gasteiger partial charge >= 0.3 is 0 Å². The smallest absolute Gasteiger partial charge is 0.270 e. The quantitative estimate of drug-likeness (QED) is 0.763. The fourth-order valence-electron chi connectivity index (χ4n) is 2.11. The molecule has 5 heteroatoms. The second kappa shape index (κ2) is 5.13. The van der Waals surface area contributed by atoms with Gasteiger partial charge in [-0.3, -0.25) is 14.9 Å². The molecule has 0 fully saturated rings. The zero-order chi connectivity index (χ0) is 13.9.